The van der Waals surface area contributed by atoms with Gasteiger partial charge < -0.3 is 25.0 Å². The molecule has 1 aliphatic rings. The molecule has 24 heavy (non-hydrogen) atoms. The van der Waals surface area contributed by atoms with E-state index in [1.54, 1.807) is 26.2 Å². The van der Waals surface area contributed by atoms with E-state index in [0.29, 0.717) is 29.3 Å². The third-order valence-electron chi connectivity index (χ3n) is 4.09. The summed E-state index contributed by atoms with van der Waals surface area (Å²) in [5.41, 5.74) is 0.802. The molecule has 2 N–H and O–H groups in total. The highest BCUT2D eigenvalue weighted by Gasteiger charge is 2.24. The molecule has 132 valence electrons. The molecule has 1 saturated heterocycles. The Balaban J connectivity index is 2.34. The first-order valence-electron chi connectivity index (χ1n) is 7.97. The molecule has 1 aromatic rings. The number of methoxy groups -OCH3 is 2. The monoisotopic (exact) mass is 335 g/mol. The van der Waals surface area contributed by atoms with Crippen LogP contribution in [0.2, 0.25) is 0 Å². The van der Waals surface area contributed by atoms with Gasteiger partial charge in [0, 0.05) is 26.7 Å². The standard InChI is InChI=1S/C17H25N3O4/c1-20(2)17(22)12-8-14(23-3)15(24-4)9-13(12)19-16(21)11-6-5-7-18-10-11/h8-9,11,18H,5-7,10H2,1-4H3,(H,19,21). The molecule has 7 heteroatoms. The number of rotatable bonds is 5. The van der Waals surface area contributed by atoms with E-state index in [9.17, 15) is 9.59 Å². The molecule has 1 heterocycles. The summed E-state index contributed by atoms with van der Waals surface area (Å²) < 4.78 is 10.6. The van der Waals surface area contributed by atoms with Crippen LogP contribution in [0.1, 0.15) is 23.2 Å². The molecule has 1 aliphatic heterocycles. The number of hydrogen-bond donors (Lipinski definition) is 2. The largest absolute Gasteiger partial charge is 0.493 e. The Morgan fingerprint density at radius 1 is 1.21 bits per heavy atom. The average molecular weight is 335 g/mol. The summed E-state index contributed by atoms with van der Waals surface area (Å²) in [7, 11) is 6.35. The van der Waals surface area contributed by atoms with Crippen LogP contribution in [0.25, 0.3) is 0 Å². The Hall–Kier alpha value is -2.28. The van der Waals surface area contributed by atoms with Crippen LogP contribution < -0.4 is 20.1 Å². The zero-order valence-electron chi connectivity index (χ0n) is 14.6. The van der Waals surface area contributed by atoms with Gasteiger partial charge in [0.25, 0.3) is 5.91 Å². The van der Waals surface area contributed by atoms with Gasteiger partial charge in [-0.1, -0.05) is 0 Å². The van der Waals surface area contributed by atoms with Crippen LogP contribution in [0, 0.1) is 5.92 Å². The molecule has 0 saturated carbocycles. The van der Waals surface area contributed by atoms with Crippen molar-refractivity contribution in [2.75, 3.05) is 46.7 Å². The summed E-state index contributed by atoms with van der Waals surface area (Å²) in [5, 5.41) is 6.10. The van der Waals surface area contributed by atoms with Gasteiger partial charge in [-0.05, 0) is 25.5 Å². The normalized spacial score (nSPS) is 17.1. The van der Waals surface area contributed by atoms with Gasteiger partial charge in [-0.15, -0.1) is 0 Å². The summed E-state index contributed by atoms with van der Waals surface area (Å²) in [6.07, 6.45) is 1.80. The van der Waals surface area contributed by atoms with Gasteiger partial charge in [0.2, 0.25) is 5.91 Å². The summed E-state index contributed by atoms with van der Waals surface area (Å²) >= 11 is 0. The molecule has 0 spiro atoms. The zero-order chi connectivity index (χ0) is 17.7. The number of hydrogen-bond acceptors (Lipinski definition) is 5. The van der Waals surface area contributed by atoms with E-state index < -0.39 is 0 Å². The van der Waals surface area contributed by atoms with E-state index in [1.807, 2.05) is 0 Å². The van der Waals surface area contributed by atoms with Crippen LogP contribution in [0.4, 0.5) is 5.69 Å². The number of anilines is 1. The van der Waals surface area contributed by atoms with Crippen LogP contribution in [0.15, 0.2) is 12.1 Å². The van der Waals surface area contributed by atoms with Crippen molar-refractivity contribution >= 4 is 17.5 Å². The second-order valence-corrected chi connectivity index (χ2v) is 5.98. The minimum atomic E-state index is -0.215. The molecule has 0 aromatic heterocycles. The Morgan fingerprint density at radius 3 is 2.42 bits per heavy atom. The van der Waals surface area contributed by atoms with Crippen LogP contribution in [-0.4, -0.2) is 58.1 Å². The number of nitrogens with one attached hydrogen (secondary N) is 2. The third kappa shape index (κ3) is 3.97. The summed E-state index contributed by atoms with van der Waals surface area (Å²) in [5.74, 6) is 0.495. The number of benzene rings is 1. The number of ether oxygens (including phenoxy) is 2. The molecule has 0 aliphatic carbocycles. The van der Waals surface area contributed by atoms with E-state index in [4.69, 9.17) is 9.47 Å². The molecule has 1 unspecified atom stereocenters. The molecule has 1 fully saturated rings. The molecule has 2 rings (SSSR count). The lowest BCUT2D eigenvalue weighted by Crippen LogP contribution is -2.37. The van der Waals surface area contributed by atoms with Crippen molar-refractivity contribution in [2.24, 2.45) is 5.92 Å². The lowest BCUT2D eigenvalue weighted by Gasteiger charge is -2.23. The first-order chi connectivity index (χ1) is 11.5. The van der Waals surface area contributed by atoms with Gasteiger partial charge in [0.05, 0.1) is 31.4 Å². The van der Waals surface area contributed by atoms with E-state index >= 15 is 0 Å². The molecule has 0 radical (unpaired) electrons. The highest BCUT2D eigenvalue weighted by atomic mass is 16.5. The Bertz CT molecular complexity index is 610. The van der Waals surface area contributed by atoms with Crippen LogP contribution in [0.3, 0.4) is 0 Å². The topological polar surface area (TPSA) is 79.9 Å². The molecule has 0 bridgehead atoms. The second kappa shape index (κ2) is 8.01. The van der Waals surface area contributed by atoms with Crippen LogP contribution >= 0.6 is 0 Å². The van der Waals surface area contributed by atoms with Gasteiger partial charge in [-0.25, -0.2) is 0 Å². The Kier molecular flexibility index (Phi) is 6.03. The van der Waals surface area contributed by atoms with Crippen LogP contribution in [-0.2, 0) is 4.79 Å². The highest BCUT2D eigenvalue weighted by Crippen LogP contribution is 2.34. The molecular weight excluding hydrogens is 310 g/mol. The number of amides is 2. The summed E-state index contributed by atoms with van der Waals surface area (Å²) in [6, 6.07) is 3.22. The Labute approximate surface area is 142 Å². The zero-order valence-corrected chi connectivity index (χ0v) is 14.6. The number of carbonyl (C=O) groups is 2. The predicted octanol–water partition coefficient (Wildman–Crippen LogP) is 1.34. The maximum Gasteiger partial charge on any atom is 0.255 e. The first kappa shape index (κ1) is 18.1. The van der Waals surface area contributed by atoms with Crippen molar-refractivity contribution in [1.29, 1.82) is 0 Å². The van der Waals surface area contributed by atoms with Crippen molar-refractivity contribution < 1.29 is 19.1 Å². The SMILES string of the molecule is COc1cc(NC(=O)C2CCCNC2)c(C(=O)N(C)C)cc1OC. The highest BCUT2D eigenvalue weighted by molar-refractivity contribution is 6.04. The average Bonchev–Trinajstić information content (AvgIpc) is 2.61. The second-order valence-electron chi connectivity index (χ2n) is 5.98. The van der Waals surface area contributed by atoms with Gasteiger partial charge >= 0.3 is 0 Å². The van der Waals surface area contributed by atoms with Gasteiger partial charge in [0.1, 0.15) is 0 Å². The maximum absolute atomic E-state index is 12.5. The fourth-order valence-corrected chi connectivity index (χ4v) is 2.71. The smallest absolute Gasteiger partial charge is 0.255 e. The van der Waals surface area contributed by atoms with E-state index in [0.717, 1.165) is 19.4 Å². The molecule has 1 aromatic carbocycles. The van der Waals surface area contributed by atoms with Crippen molar-refractivity contribution in [1.82, 2.24) is 10.2 Å². The minimum Gasteiger partial charge on any atom is -0.493 e. The third-order valence-corrected chi connectivity index (χ3v) is 4.09. The quantitative estimate of drug-likeness (QED) is 0.849. The minimum absolute atomic E-state index is 0.0952. The molecule has 2 amide bonds. The lowest BCUT2D eigenvalue weighted by molar-refractivity contribution is -0.120. The predicted molar refractivity (Wildman–Crippen MR) is 91.8 cm³/mol. The Morgan fingerprint density at radius 2 is 1.88 bits per heavy atom. The molecular formula is C17H25N3O4. The van der Waals surface area contributed by atoms with E-state index in [-0.39, 0.29) is 17.7 Å². The van der Waals surface area contributed by atoms with E-state index in [2.05, 4.69) is 10.6 Å². The van der Waals surface area contributed by atoms with Crippen molar-refractivity contribution in [3.63, 3.8) is 0 Å². The van der Waals surface area contributed by atoms with Crippen molar-refractivity contribution in [3.8, 4) is 11.5 Å². The number of piperidine rings is 1. The van der Waals surface area contributed by atoms with Gasteiger partial charge in [-0.2, -0.15) is 0 Å². The maximum atomic E-state index is 12.5. The number of nitrogens with zero attached hydrogens (tertiary/aromatic N) is 1. The summed E-state index contributed by atoms with van der Waals surface area (Å²) in [6.45, 7) is 1.58. The summed E-state index contributed by atoms with van der Waals surface area (Å²) in [4.78, 5) is 26.4. The van der Waals surface area contributed by atoms with Gasteiger partial charge in [0.15, 0.2) is 11.5 Å². The van der Waals surface area contributed by atoms with Crippen LogP contribution in [0.5, 0.6) is 11.5 Å². The fourth-order valence-electron chi connectivity index (χ4n) is 2.71. The fraction of sp³-hybridized carbons (Fsp3) is 0.529. The van der Waals surface area contributed by atoms with Gasteiger partial charge in [-0.3, -0.25) is 9.59 Å². The van der Waals surface area contributed by atoms with E-state index in [1.165, 1.54) is 19.1 Å². The van der Waals surface area contributed by atoms with Crippen molar-refractivity contribution in [2.45, 2.75) is 12.8 Å². The number of carbonyl (C=O) groups excluding carboxylic acids is 2. The van der Waals surface area contributed by atoms with Crippen molar-refractivity contribution in [3.05, 3.63) is 17.7 Å². The molecule has 1 atom stereocenters. The molecule has 7 nitrogen and oxygen atoms in total. The first-order valence-corrected chi connectivity index (χ1v) is 7.97. The lowest BCUT2D eigenvalue weighted by atomic mass is 9.98.